The zero-order valence-corrected chi connectivity index (χ0v) is 7.54. The van der Waals surface area contributed by atoms with E-state index in [4.69, 9.17) is 4.74 Å². The Balaban J connectivity index is 2.29. The van der Waals surface area contributed by atoms with Crippen LogP contribution in [-0.2, 0) is 9.53 Å². The summed E-state index contributed by atoms with van der Waals surface area (Å²) < 4.78 is 4.97. The second-order valence-corrected chi connectivity index (χ2v) is 3.99. The molecule has 1 aliphatic carbocycles. The number of hydrogen-bond acceptors (Lipinski definition) is 2. The van der Waals surface area contributed by atoms with Crippen LogP contribution in [0.15, 0.2) is 11.8 Å². The maximum absolute atomic E-state index is 11.4. The summed E-state index contributed by atoms with van der Waals surface area (Å²) in [5.74, 6) is 1.11. The van der Waals surface area contributed by atoms with Crippen molar-refractivity contribution in [2.45, 2.75) is 26.7 Å². The zero-order valence-electron chi connectivity index (χ0n) is 7.54. The number of hydrogen-bond donors (Lipinski definition) is 0. The fourth-order valence-corrected chi connectivity index (χ4v) is 2.42. The summed E-state index contributed by atoms with van der Waals surface area (Å²) in [6.07, 6.45) is 3.94. The van der Waals surface area contributed by atoms with Crippen LogP contribution in [0.4, 0.5) is 0 Å². The summed E-state index contributed by atoms with van der Waals surface area (Å²) >= 11 is 0. The molecule has 0 aromatic carbocycles. The second-order valence-electron chi connectivity index (χ2n) is 3.99. The van der Waals surface area contributed by atoms with Crippen molar-refractivity contribution in [3.8, 4) is 0 Å². The van der Waals surface area contributed by atoms with Crippen molar-refractivity contribution in [3.05, 3.63) is 11.8 Å². The van der Waals surface area contributed by atoms with E-state index in [1.165, 1.54) is 5.57 Å². The molecule has 0 saturated heterocycles. The molecule has 0 N–H and O–H groups in total. The van der Waals surface area contributed by atoms with Crippen LogP contribution >= 0.6 is 0 Å². The van der Waals surface area contributed by atoms with Gasteiger partial charge in [0.05, 0.1) is 12.2 Å². The smallest absolute Gasteiger partial charge is 0.314 e. The van der Waals surface area contributed by atoms with Gasteiger partial charge in [0, 0.05) is 0 Å². The van der Waals surface area contributed by atoms with Gasteiger partial charge in [-0.2, -0.15) is 0 Å². The van der Waals surface area contributed by atoms with Crippen molar-refractivity contribution in [1.29, 1.82) is 0 Å². The predicted molar refractivity (Wildman–Crippen MR) is 45.2 cm³/mol. The van der Waals surface area contributed by atoms with Crippen LogP contribution in [0.25, 0.3) is 0 Å². The Morgan fingerprint density at radius 3 is 2.92 bits per heavy atom. The highest BCUT2D eigenvalue weighted by molar-refractivity contribution is 5.75. The molecule has 0 spiro atoms. The van der Waals surface area contributed by atoms with Crippen LogP contribution in [0.5, 0.6) is 0 Å². The van der Waals surface area contributed by atoms with E-state index >= 15 is 0 Å². The Labute approximate surface area is 72.6 Å². The van der Waals surface area contributed by atoms with E-state index in [2.05, 4.69) is 13.8 Å². The molecular weight excluding hydrogens is 152 g/mol. The lowest BCUT2D eigenvalue weighted by Gasteiger charge is -2.25. The first-order valence-corrected chi connectivity index (χ1v) is 4.57. The van der Waals surface area contributed by atoms with Crippen molar-refractivity contribution in [3.63, 3.8) is 0 Å². The van der Waals surface area contributed by atoms with Crippen molar-refractivity contribution in [1.82, 2.24) is 0 Å². The Morgan fingerprint density at radius 2 is 2.25 bits per heavy atom. The van der Waals surface area contributed by atoms with Crippen molar-refractivity contribution in [2.75, 3.05) is 0 Å². The maximum atomic E-state index is 11.4. The minimum absolute atomic E-state index is 0.0180. The standard InChI is InChI=1S/C10H14O2/c1-6-3-4-8-7(2)5-12-10(11)9(6)8/h5-6,8-9H,3-4H2,1-2H3/t6-,8+,9+/m1/s1. The molecule has 0 amide bonds. The Hall–Kier alpha value is -0.790. The van der Waals surface area contributed by atoms with Crippen LogP contribution in [0.1, 0.15) is 26.7 Å². The van der Waals surface area contributed by atoms with Gasteiger partial charge in [-0.25, -0.2) is 0 Å². The molecule has 12 heavy (non-hydrogen) atoms. The van der Waals surface area contributed by atoms with E-state index in [9.17, 15) is 4.79 Å². The van der Waals surface area contributed by atoms with E-state index in [1.54, 1.807) is 6.26 Å². The maximum Gasteiger partial charge on any atom is 0.314 e. The van der Waals surface area contributed by atoms with Crippen LogP contribution in [0, 0.1) is 17.8 Å². The zero-order chi connectivity index (χ0) is 8.72. The number of carbonyl (C=O) groups excluding carboxylic acids is 1. The molecule has 2 rings (SSSR count). The van der Waals surface area contributed by atoms with Gasteiger partial charge in [-0.05, 0) is 37.2 Å². The number of carbonyl (C=O) groups is 1. The predicted octanol–water partition coefficient (Wildman–Crippen LogP) is 2.11. The van der Waals surface area contributed by atoms with Crippen LogP contribution in [0.3, 0.4) is 0 Å². The summed E-state index contributed by atoms with van der Waals surface area (Å²) in [5, 5.41) is 0. The van der Waals surface area contributed by atoms with Crippen LogP contribution in [0.2, 0.25) is 0 Å². The Kier molecular flexibility index (Phi) is 1.71. The molecule has 1 aliphatic heterocycles. The van der Waals surface area contributed by atoms with E-state index in [-0.39, 0.29) is 11.9 Å². The largest absolute Gasteiger partial charge is 0.434 e. The summed E-state index contributed by atoms with van der Waals surface area (Å²) in [5.41, 5.74) is 1.24. The highest BCUT2D eigenvalue weighted by atomic mass is 16.5. The number of cyclic esters (lactones) is 1. The molecule has 1 saturated carbocycles. The van der Waals surface area contributed by atoms with Gasteiger partial charge in [0.15, 0.2) is 0 Å². The van der Waals surface area contributed by atoms with Crippen molar-refractivity contribution >= 4 is 5.97 Å². The van der Waals surface area contributed by atoms with Gasteiger partial charge >= 0.3 is 5.97 Å². The van der Waals surface area contributed by atoms with Gasteiger partial charge in [-0.3, -0.25) is 4.79 Å². The highest BCUT2D eigenvalue weighted by Gasteiger charge is 2.42. The summed E-state index contributed by atoms with van der Waals surface area (Å²) in [6, 6.07) is 0. The third kappa shape index (κ3) is 0.977. The van der Waals surface area contributed by atoms with Gasteiger partial charge in [0.1, 0.15) is 0 Å². The molecule has 66 valence electrons. The molecule has 0 bridgehead atoms. The number of fused-ring (bicyclic) bond motifs is 1. The van der Waals surface area contributed by atoms with Gasteiger partial charge < -0.3 is 4.74 Å². The molecule has 0 aromatic rings. The lowest BCUT2D eigenvalue weighted by Crippen LogP contribution is -2.28. The molecule has 2 aliphatic rings. The van der Waals surface area contributed by atoms with E-state index < -0.39 is 0 Å². The van der Waals surface area contributed by atoms with E-state index in [0.717, 1.165) is 12.8 Å². The molecule has 3 atom stereocenters. The van der Waals surface area contributed by atoms with Crippen LogP contribution in [-0.4, -0.2) is 5.97 Å². The molecule has 2 heteroatoms. The third-order valence-electron chi connectivity index (χ3n) is 3.20. The summed E-state index contributed by atoms with van der Waals surface area (Å²) in [4.78, 5) is 11.4. The number of esters is 1. The highest BCUT2D eigenvalue weighted by Crippen LogP contribution is 2.43. The van der Waals surface area contributed by atoms with E-state index in [1.807, 2.05) is 0 Å². The minimum atomic E-state index is -0.0180. The first-order valence-electron chi connectivity index (χ1n) is 4.57. The summed E-state index contributed by atoms with van der Waals surface area (Å²) in [7, 11) is 0. The Bertz CT molecular complexity index is 242. The minimum Gasteiger partial charge on any atom is -0.434 e. The molecule has 2 nitrogen and oxygen atoms in total. The Morgan fingerprint density at radius 1 is 1.50 bits per heavy atom. The van der Waals surface area contributed by atoms with Crippen molar-refractivity contribution < 1.29 is 9.53 Å². The molecule has 0 aromatic heterocycles. The summed E-state index contributed by atoms with van der Waals surface area (Å²) in [6.45, 7) is 4.20. The fourth-order valence-electron chi connectivity index (χ4n) is 2.42. The van der Waals surface area contributed by atoms with E-state index in [0.29, 0.717) is 11.8 Å². The van der Waals surface area contributed by atoms with Gasteiger partial charge in [0.25, 0.3) is 0 Å². The average Bonchev–Trinajstić information content (AvgIpc) is 2.42. The first kappa shape index (κ1) is 7.84. The monoisotopic (exact) mass is 166 g/mol. The lowest BCUT2D eigenvalue weighted by atomic mass is 9.85. The molecule has 1 heterocycles. The molecule has 1 fully saturated rings. The topological polar surface area (TPSA) is 26.3 Å². The second kappa shape index (κ2) is 2.61. The first-order chi connectivity index (χ1) is 5.70. The van der Waals surface area contributed by atoms with Crippen LogP contribution < -0.4 is 0 Å². The molecule has 0 radical (unpaired) electrons. The van der Waals surface area contributed by atoms with Gasteiger partial charge in [-0.1, -0.05) is 6.92 Å². The van der Waals surface area contributed by atoms with Crippen molar-refractivity contribution in [2.24, 2.45) is 17.8 Å². The van der Waals surface area contributed by atoms with Gasteiger partial charge in [-0.15, -0.1) is 0 Å². The molecule has 0 unspecified atom stereocenters. The average molecular weight is 166 g/mol. The normalized spacial score (nSPS) is 40.3. The fraction of sp³-hybridized carbons (Fsp3) is 0.700. The number of ether oxygens (including phenoxy) is 1. The molecular formula is C10H14O2. The number of allylic oxidation sites excluding steroid dienone is 1. The SMILES string of the molecule is CC1=COC(=O)[C@H]2[C@H](C)CC[C@@H]12. The quantitative estimate of drug-likeness (QED) is 0.515. The lowest BCUT2D eigenvalue weighted by molar-refractivity contribution is -0.146. The third-order valence-corrected chi connectivity index (χ3v) is 3.20. The number of rotatable bonds is 0. The van der Waals surface area contributed by atoms with Gasteiger partial charge in [0.2, 0.25) is 0 Å².